The van der Waals surface area contributed by atoms with Crippen LogP contribution in [-0.4, -0.2) is 19.1 Å². The summed E-state index contributed by atoms with van der Waals surface area (Å²) in [6.07, 6.45) is 1.01. The summed E-state index contributed by atoms with van der Waals surface area (Å²) >= 11 is 0. The molecule has 26 heavy (non-hydrogen) atoms. The highest BCUT2D eigenvalue weighted by Gasteiger charge is 2.10. The lowest BCUT2D eigenvalue weighted by Crippen LogP contribution is -2.14. The van der Waals surface area contributed by atoms with E-state index in [1.54, 1.807) is 12.1 Å². The molecule has 0 aliphatic carbocycles. The van der Waals surface area contributed by atoms with Gasteiger partial charge in [-0.05, 0) is 54.7 Å². The summed E-state index contributed by atoms with van der Waals surface area (Å²) in [5.74, 6) is 2.32. The van der Waals surface area contributed by atoms with Crippen LogP contribution >= 0.6 is 0 Å². The number of para-hydroxylation sites is 2. The predicted octanol–water partition coefficient (Wildman–Crippen LogP) is 5.40. The van der Waals surface area contributed by atoms with Crippen molar-refractivity contribution in [2.75, 3.05) is 18.5 Å². The summed E-state index contributed by atoms with van der Waals surface area (Å²) in [6, 6.07) is 14.7. The molecule has 140 valence electrons. The number of carbonyl (C=O) groups is 1. The average Bonchev–Trinajstić information content (AvgIpc) is 2.61. The molecule has 0 fully saturated rings. The van der Waals surface area contributed by atoms with Crippen molar-refractivity contribution in [2.24, 2.45) is 11.8 Å². The summed E-state index contributed by atoms with van der Waals surface area (Å²) in [4.78, 5) is 12.5. The lowest BCUT2D eigenvalue weighted by Gasteiger charge is -2.14. The van der Waals surface area contributed by atoms with Gasteiger partial charge in [0, 0.05) is 5.56 Å². The fourth-order valence-electron chi connectivity index (χ4n) is 2.26. The van der Waals surface area contributed by atoms with E-state index in [4.69, 9.17) is 9.47 Å². The quantitative estimate of drug-likeness (QED) is 0.655. The monoisotopic (exact) mass is 355 g/mol. The smallest absolute Gasteiger partial charge is 0.255 e. The number of benzene rings is 2. The summed E-state index contributed by atoms with van der Waals surface area (Å²) in [5, 5.41) is 2.92. The zero-order valence-electron chi connectivity index (χ0n) is 16.1. The molecule has 0 bridgehead atoms. The van der Waals surface area contributed by atoms with E-state index in [-0.39, 0.29) is 5.91 Å². The second-order valence-electron chi connectivity index (χ2n) is 7.21. The molecule has 2 aromatic carbocycles. The van der Waals surface area contributed by atoms with Gasteiger partial charge in [-0.1, -0.05) is 39.8 Å². The van der Waals surface area contributed by atoms with Crippen LogP contribution in [0.25, 0.3) is 0 Å². The molecule has 0 unspecified atom stereocenters. The van der Waals surface area contributed by atoms with Crippen LogP contribution in [-0.2, 0) is 0 Å². The van der Waals surface area contributed by atoms with Gasteiger partial charge in [-0.15, -0.1) is 0 Å². The summed E-state index contributed by atoms with van der Waals surface area (Å²) in [7, 11) is 0. The minimum atomic E-state index is -0.167. The van der Waals surface area contributed by atoms with Gasteiger partial charge in [0.2, 0.25) is 0 Å². The molecule has 2 rings (SSSR count). The Morgan fingerprint density at radius 2 is 1.62 bits per heavy atom. The maximum Gasteiger partial charge on any atom is 0.255 e. The van der Waals surface area contributed by atoms with Gasteiger partial charge in [0.1, 0.15) is 11.5 Å². The molecule has 0 atom stereocenters. The Morgan fingerprint density at radius 1 is 0.923 bits per heavy atom. The standard InChI is InChI=1S/C22H29NO3/c1-16(2)13-14-25-19-11-9-18(10-12-19)22(24)23-20-7-5-6-8-21(20)26-15-17(3)4/h5-12,16-17H,13-15H2,1-4H3,(H,23,24). The first kappa shape index (κ1) is 19.8. The highest BCUT2D eigenvalue weighted by molar-refractivity contribution is 6.05. The summed E-state index contributed by atoms with van der Waals surface area (Å²) < 4.78 is 11.5. The van der Waals surface area contributed by atoms with Crippen molar-refractivity contribution >= 4 is 11.6 Å². The molecule has 0 aromatic heterocycles. The van der Waals surface area contributed by atoms with Crippen molar-refractivity contribution in [1.82, 2.24) is 0 Å². The second kappa shape index (κ2) is 9.85. The molecule has 4 nitrogen and oxygen atoms in total. The number of hydrogen-bond donors (Lipinski definition) is 1. The number of carbonyl (C=O) groups excluding carboxylic acids is 1. The van der Waals surface area contributed by atoms with Gasteiger partial charge in [0.05, 0.1) is 18.9 Å². The lowest BCUT2D eigenvalue weighted by atomic mass is 10.1. The molecule has 0 aliphatic rings. The molecular weight excluding hydrogens is 326 g/mol. The molecule has 0 spiro atoms. The van der Waals surface area contributed by atoms with E-state index in [1.165, 1.54) is 0 Å². The van der Waals surface area contributed by atoms with E-state index >= 15 is 0 Å². The Labute approximate surface area is 156 Å². The summed E-state index contributed by atoms with van der Waals surface area (Å²) in [5.41, 5.74) is 1.26. The van der Waals surface area contributed by atoms with Crippen LogP contribution < -0.4 is 14.8 Å². The number of nitrogens with one attached hydrogen (secondary N) is 1. The second-order valence-corrected chi connectivity index (χ2v) is 7.21. The van der Waals surface area contributed by atoms with Crippen LogP contribution in [0.3, 0.4) is 0 Å². The highest BCUT2D eigenvalue weighted by atomic mass is 16.5. The minimum absolute atomic E-state index is 0.167. The summed E-state index contributed by atoms with van der Waals surface area (Å²) in [6.45, 7) is 9.80. The van der Waals surface area contributed by atoms with Crippen LogP contribution in [0.15, 0.2) is 48.5 Å². The van der Waals surface area contributed by atoms with Crippen molar-refractivity contribution < 1.29 is 14.3 Å². The van der Waals surface area contributed by atoms with Gasteiger partial charge in [0.25, 0.3) is 5.91 Å². The minimum Gasteiger partial charge on any atom is -0.494 e. The number of hydrogen-bond acceptors (Lipinski definition) is 3. The normalized spacial score (nSPS) is 10.8. The molecule has 0 saturated carbocycles. The zero-order valence-corrected chi connectivity index (χ0v) is 16.1. The van der Waals surface area contributed by atoms with Crippen molar-refractivity contribution in [3.8, 4) is 11.5 Å². The maximum atomic E-state index is 12.5. The van der Waals surface area contributed by atoms with E-state index in [9.17, 15) is 4.79 Å². The molecule has 0 aliphatic heterocycles. The van der Waals surface area contributed by atoms with Crippen molar-refractivity contribution in [1.29, 1.82) is 0 Å². The van der Waals surface area contributed by atoms with E-state index in [2.05, 4.69) is 33.0 Å². The Kier molecular flexibility index (Phi) is 7.52. The molecule has 0 heterocycles. The van der Waals surface area contributed by atoms with Crippen LogP contribution in [0.4, 0.5) is 5.69 Å². The Balaban J connectivity index is 1.97. The SMILES string of the molecule is CC(C)CCOc1ccc(C(=O)Nc2ccccc2OCC(C)C)cc1. The lowest BCUT2D eigenvalue weighted by molar-refractivity contribution is 0.102. The van der Waals surface area contributed by atoms with E-state index in [1.807, 2.05) is 36.4 Å². The molecule has 0 radical (unpaired) electrons. The van der Waals surface area contributed by atoms with E-state index in [0.717, 1.165) is 12.2 Å². The fraction of sp³-hybridized carbons (Fsp3) is 0.409. The van der Waals surface area contributed by atoms with Gasteiger partial charge < -0.3 is 14.8 Å². The Hall–Kier alpha value is -2.49. The van der Waals surface area contributed by atoms with Crippen molar-refractivity contribution in [3.05, 3.63) is 54.1 Å². The van der Waals surface area contributed by atoms with Crippen LogP contribution in [0.2, 0.25) is 0 Å². The van der Waals surface area contributed by atoms with Crippen molar-refractivity contribution in [2.45, 2.75) is 34.1 Å². The van der Waals surface area contributed by atoms with Crippen LogP contribution in [0.1, 0.15) is 44.5 Å². The van der Waals surface area contributed by atoms with Crippen LogP contribution in [0.5, 0.6) is 11.5 Å². The zero-order chi connectivity index (χ0) is 18.9. The molecule has 0 saturated heterocycles. The maximum absolute atomic E-state index is 12.5. The Morgan fingerprint density at radius 3 is 2.27 bits per heavy atom. The number of anilines is 1. The third kappa shape index (κ3) is 6.43. The number of rotatable bonds is 9. The van der Waals surface area contributed by atoms with E-state index in [0.29, 0.717) is 42.0 Å². The molecular formula is C22H29NO3. The number of amides is 1. The molecule has 1 amide bonds. The van der Waals surface area contributed by atoms with Crippen LogP contribution in [0, 0.1) is 11.8 Å². The van der Waals surface area contributed by atoms with E-state index < -0.39 is 0 Å². The first-order chi connectivity index (χ1) is 12.5. The van der Waals surface area contributed by atoms with Gasteiger partial charge in [-0.25, -0.2) is 0 Å². The largest absolute Gasteiger partial charge is 0.494 e. The van der Waals surface area contributed by atoms with Gasteiger partial charge in [-0.2, -0.15) is 0 Å². The Bertz CT molecular complexity index is 693. The predicted molar refractivity (Wildman–Crippen MR) is 106 cm³/mol. The number of ether oxygens (including phenoxy) is 2. The third-order valence-corrected chi connectivity index (χ3v) is 3.79. The highest BCUT2D eigenvalue weighted by Crippen LogP contribution is 2.25. The topological polar surface area (TPSA) is 47.6 Å². The average molecular weight is 355 g/mol. The van der Waals surface area contributed by atoms with Gasteiger partial charge in [-0.3, -0.25) is 4.79 Å². The first-order valence-corrected chi connectivity index (χ1v) is 9.21. The van der Waals surface area contributed by atoms with Gasteiger partial charge in [0.15, 0.2) is 0 Å². The third-order valence-electron chi connectivity index (χ3n) is 3.79. The fourth-order valence-corrected chi connectivity index (χ4v) is 2.26. The molecule has 2 aromatic rings. The van der Waals surface area contributed by atoms with Gasteiger partial charge >= 0.3 is 0 Å². The first-order valence-electron chi connectivity index (χ1n) is 9.21. The molecule has 1 N–H and O–H groups in total. The molecule has 4 heteroatoms. The van der Waals surface area contributed by atoms with Crippen molar-refractivity contribution in [3.63, 3.8) is 0 Å².